The van der Waals surface area contributed by atoms with Gasteiger partial charge in [0.1, 0.15) is 0 Å². The summed E-state index contributed by atoms with van der Waals surface area (Å²) in [7, 11) is 0. The molecule has 0 atom stereocenters. The van der Waals surface area contributed by atoms with E-state index < -0.39 is 0 Å². The fraction of sp³-hybridized carbons (Fsp3) is 0.571. The minimum Gasteiger partial charge on any atom is -0.317 e. The third-order valence-electron chi connectivity index (χ3n) is 3.39. The molecule has 1 aliphatic heterocycles. The highest BCUT2D eigenvalue weighted by molar-refractivity contribution is 5.85. The van der Waals surface area contributed by atoms with Crippen LogP contribution in [-0.4, -0.2) is 13.1 Å². The van der Waals surface area contributed by atoms with Gasteiger partial charge in [-0.1, -0.05) is 38.1 Å². The largest absolute Gasteiger partial charge is 0.317 e. The topological polar surface area (TPSA) is 12.0 Å². The summed E-state index contributed by atoms with van der Waals surface area (Å²) in [6.45, 7) is 6.89. The van der Waals surface area contributed by atoms with E-state index in [9.17, 15) is 0 Å². The highest BCUT2D eigenvalue weighted by Crippen LogP contribution is 2.27. The fourth-order valence-electron chi connectivity index (χ4n) is 2.33. The number of benzene rings is 1. The van der Waals surface area contributed by atoms with Crippen LogP contribution < -0.4 is 5.32 Å². The van der Waals surface area contributed by atoms with Gasteiger partial charge in [0.2, 0.25) is 0 Å². The Morgan fingerprint density at radius 3 is 2.50 bits per heavy atom. The molecule has 1 aromatic carbocycles. The average Bonchev–Trinajstić information content (AvgIpc) is 2.30. The van der Waals surface area contributed by atoms with Crippen molar-refractivity contribution in [3.63, 3.8) is 0 Å². The molecule has 1 nitrogen and oxygen atoms in total. The molecule has 2 rings (SSSR count). The van der Waals surface area contributed by atoms with Crippen LogP contribution in [0.1, 0.15) is 49.7 Å². The number of hydrogen-bond acceptors (Lipinski definition) is 1. The van der Waals surface area contributed by atoms with Gasteiger partial charge >= 0.3 is 0 Å². The Morgan fingerprint density at radius 1 is 1.19 bits per heavy atom. The normalized spacial score (nSPS) is 17.2. The fourth-order valence-corrected chi connectivity index (χ4v) is 2.33. The molecule has 2 heteroatoms. The predicted octanol–water partition coefficient (Wildman–Crippen LogP) is 3.70. The van der Waals surface area contributed by atoms with Crippen LogP contribution in [0, 0.1) is 0 Å². The summed E-state index contributed by atoms with van der Waals surface area (Å²) in [5.41, 5.74) is 3.02. The van der Waals surface area contributed by atoms with Gasteiger partial charge in [-0.05, 0) is 48.9 Å². The van der Waals surface area contributed by atoms with E-state index in [1.807, 2.05) is 0 Å². The van der Waals surface area contributed by atoms with Crippen LogP contribution >= 0.6 is 12.4 Å². The lowest BCUT2D eigenvalue weighted by atomic mass is 9.88. The van der Waals surface area contributed by atoms with Crippen LogP contribution in [0.15, 0.2) is 24.3 Å². The van der Waals surface area contributed by atoms with E-state index >= 15 is 0 Å². The van der Waals surface area contributed by atoms with Gasteiger partial charge in [-0.2, -0.15) is 0 Å². The molecule has 0 spiro atoms. The summed E-state index contributed by atoms with van der Waals surface area (Å²) in [6.07, 6.45) is 2.59. The zero-order valence-electron chi connectivity index (χ0n) is 10.2. The lowest BCUT2D eigenvalue weighted by Gasteiger charge is -2.23. The summed E-state index contributed by atoms with van der Waals surface area (Å²) in [5, 5.41) is 3.42. The zero-order valence-corrected chi connectivity index (χ0v) is 11.0. The second kappa shape index (κ2) is 6.27. The average molecular weight is 240 g/mol. The number of hydrogen-bond donors (Lipinski definition) is 1. The van der Waals surface area contributed by atoms with Gasteiger partial charge in [0.15, 0.2) is 0 Å². The molecule has 0 aromatic heterocycles. The smallest absolute Gasteiger partial charge is 0.00431 e. The van der Waals surface area contributed by atoms with Crippen molar-refractivity contribution in [1.82, 2.24) is 5.32 Å². The van der Waals surface area contributed by atoms with E-state index in [1.165, 1.54) is 31.5 Å². The highest BCUT2D eigenvalue weighted by atomic mass is 35.5. The first-order valence-electron chi connectivity index (χ1n) is 6.08. The van der Waals surface area contributed by atoms with Crippen LogP contribution in [-0.2, 0) is 0 Å². The van der Waals surface area contributed by atoms with Gasteiger partial charge < -0.3 is 5.32 Å². The molecule has 1 fully saturated rings. The first-order chi connectivity index (χ1) is 7.27. The van der Waals surface area contributed by atoms with E-state index in [4.69, 9.17) is 0 Å². The molecule has 0 amide bonds. The first-order valence-corrected chi connectivity index (χ1v) is 6.08. The van der Waals surface area contributed by atoms with Gasteiger partial charge in [-0.15, -0.1) is 12.4 Å². The summed E-state index contributed by atoms with van der Waals surface area (Å²) >= 11 is 0. The standard InChI is InChI=1S/C14H21N.ClH/c1-11(2)13-4-3-5-14(10-13)12-6-8-15-9-7-12;/h3-5,10-12,15H,6-9H2,1-2H3;1H. The SMILES string of the molecule is CC(C)c1cccc(C2CCNCC2)c1.Cl. The van der Waals surface area contributed by atoms with Crippen molar-refractivity contribution in [2.24, 2.45) is 0 Å². The molecule has 1 N–H and O–H groups in total. The Hall–Kier alpha value is -0.530. The lowest BCUT2D eigenvalue weighted by Crippen LogP contribution is -2.26. The Labute approximate surface area is 105 Å². The van der Waals surface area contributed by atoms with Crippen molar-refractivity contribution >= 4 is 12.4 Å². The summed E-state index contributed by atoms with van der Waals surface area (Å²) in [5.74, 6) is 1.43. The molecule has 1 saturated heterocycles. The third-order valence-corrected chi connectivity index (χ3v) is 3.39. The maximum Gasteiger partial charge on any atom is -0.00431 e. The number of halogens is 1. The minimum absolute atomic E-state index is 0. The van der Waals surface area contributed by atoms with Crippen molar-refractivity contribution in [1.29, 1.82) is 0 Å². The second-order valence-corrected chi connectivity index (χ2v) is 4.85. The Morgan fingerprint density at radius 2 is 1.88 bits per heavy atom. The maximum atomic E-state index is 3.42. The number of piperidine rings is 1. The Balaban J connectivity index is 0.00000128. The van der Waals surface area contributed by atoms with Crippen molar-refractivity contribution in [3.8, 4) is 0 Å². The van der Waals surface area contributed by atoms with Gasteiger partial charge in [0.05, 0.1) is 0 Å². The highest BCUT2D eigenvalue weighted by Gasteiger charge is 2.15. The molecule has 0 radical (unpaired) electrons. The molecular formula is C14H22ClN. The molecular weight excluding hydrogens is 218 g/mol. The van der Waals surface area contributed by atoms with Crippen LogP contribution in [0.4, 0.5) is 0 Å². The van der Waals surface area contributed by atoms with Crippen LogP contribution in [0.2, 0.25) is 0 Å². The first kappa shape index (κ1) is 13.5. The Kier molecular flexibility index (Phi) is 5.30. The maximum absolute atomic E-state index is 3.42. The van der Waals surface area contributed by atoms with Crippen molar-refractivity contribution < 1.29 is 0 Å². The monoisotopic (exact) mass is 239 g/mol. The molecule has 0 unspecified atom stereocenters. The van der Waals surface area contributed by atoms with Gasteiger partial charge in [0.25, 0.3) is 0 Å². The zero-order chi connectivity index (χ0) is 10.7. The van der Waals surface area contributed by atoms with E-state index in [0.717, 1.165) is 5.92 Å². The number of nitrogens with one attached hydrogen (secondary N) is 1. The Bertz CT molecular complexity index is 316. The van der Waals surface area contributed by atoms with Crippen LogP contribution in [0.25, 0.3) is 0 Å². The van der Waals surface area contributed by atoms with Gasteiger partial charge in [0, 0.05) is 0 Å². The third kappa shape index (κ3) is 3.23. The lowest BCUT2D eigenvalue weighted by molar-refractivity contribution is 0.460. The molecule has 1 aliphatic rings. The molecule has 1 heterocycles. The van der Waals surface area contributed by atoms with E-state index in [2.05, 4.69) is 43.4 Å². The second-order valence-electron chi connectivity index (χ2n) is 4.85. The predicted molar refractivity (Wildman–Crippen MR) is 72.6 cm³/mol. The molecule has 0 bridgehead atoms. The summed E-state index contributed by atoms with van der Waals surface area (Å²) < 4.78 is 0. The number of rotatable bonds is 2. The molecule has 90 valence electrons. The molecule has 1 aromatic rings. The van der Waals surface area contributed by atoms with Crippen LogP contribution in [0.5, 0.6) is 0 Å². The van der Waals surface area contributed by atoms with E-state index in [-0.39, 0.29) is 12.4 Å². The molecule has 0 aliphatic carbocycles. The van der Waals surface area contributed by atoms with Crippen LogP contribution in [0.3, 0.4) is 0 Å². The van der Waals surface area contributed by atoms with E-state index in [0.29, 0.717) is 5.92 Å². The van der Waals surface area contributed by atoms with Crippen molar-refractivity contribution in [2.75, 3.05) is 13.1 Å². The quantitative estimate of drug-likeness (QED) is 0.830. The van der Waals surface area contributed by atoms with E-state index in [1.54, 1.807) is 5.56 Å². The summed E-state index contributed by atoms with van der Waals surface area (Å²) in [4.78, 5) is 0. The van der Waals surface area contributed by atoms with Crippen molar-refractivity contribution in [2.45, 2.75) is 38.5 Å². The van der Waals surface area contributed by atoms with Gasteiger partial charge in [-0.25, -0.2) is 0 Å². The van der Waals surface area contributed by atoms with Crippen molar-refractivity contribution in [3.05, 3.63) is 35.4 Å². The summed E-state index contributed by atoms with van der Waals surface area (Å²) in [6, 6.07) is 9.16. The molecule has 16 heavy (non-hydrogen) atoms. The molecule has 0 saturated carbocycles. The van der Waals surface area contributed by atoms with Gasteiger partial charge in [-0.3, -0.25) is 0 Å². The minimum atomic E-state index is 0.